The number of amides is 1. The maximum absolute atomic E-state index is 13.6. The van der Waals surface area contributed by atoms with E-state index in [1.165, 1.54) is 18.4 Å². The molecule has 0 spiro atoms. The summed E-state index contributed by atoms with van der Waals surface area (Å²) in [6.07, 6.45) is 3.78. The quantitative estimate of drug-likeness (QED) is 0.115. The van der Waals surface area contributed by atoms with Crippen molar-refractivity contribution in [3.05, 3.63) is 86.6 Å². The normalized spacial score (nSPS) is 18.0. The predicted octanol–water partition coefficient (Wildman–Crippen LogP) is 2.72. The molecule has 0 aliphatic carbocycles. The molecule has 3 atom stereocenters. The van der Waals surface area contributed by atoms with Crippen LogP contribution in [0.1, 0.15) is 24.8 Å². The highest BCUT2D eigenvalue weighted by molar-refractivity contribution is 5.91. The minimum Gasteiger partial charge on any atom is -0.464 e. The second kappa shape index (κ2) is 16.5. The molecule has 3 heterocycles. The summed E-state index contributed by atoms with van der Waals surface area (Å²) in [6, 6.07) is 9.76. The molecule has 1 aliphatic rings. The third-order valence-electron chi connectivity index (χ3n) is 6.88. The van der Waals surface area contributed by atoms with Crippen LogP contribution in [0.15, 0.2) is 69.9 Å². The SMILES string of the molecule is CCOC1OC(C(=O)NCCNc2ccc([N+](=O)[O-])cn2)=CC(c2coc3ccccc3c2=O)C1CCOCCOCCO. The number of rotatable bonds is 17. The van der Waals surface area contributed by atoms with Crippen LogP contribution in [-0.2, 0) is 23.7 Å². The van der Waals surface area contributed by atoms with E-state index in [1.54, 1.807) is 30.3 Å². The van der Waals surface area contributed by atoms with E-state index >= 15 is 0 Å². The molecule has 1 amide bonds. The van der Waals surface area contributed by atoms with E-state index in [0.29, 0.717) is 61.7 Å². The Morgan fingerprint density at radius 3 is 2.64 bits per heavy atom. The largest absolute Gasteiger partial charge is 0.464 e. The third-order valence-corrected chi connectivity index (χ3v) is 6.88. The van der Waals surface area contributed by atoms with Crippen LogP contribution in [0.5, 0.6) is 0 Å². The second-order valence-electron chi connectivity index (χ2n) is 9.76. The Morgan fingerprint density at radius 1 is 1.11 bits per heavy atom. The standard InChI is InChI=1S/C30H36N4O10/c1-2-42-30-21(9-13-40-15-16-41-14-12-35)23(24-19-43-25-6-4-3-5-22(25)28(24)36)17-26(44-30)29(37)32-11-10-31-27-8-7-20(18-33-27)34(38)39/h3-8,17-19,21,23,30,35H,2,9-16H2,1H3,(H,31,33)(H,32,37). The number of allylic oxidation sites excluding steroid dienone is 1. The molecule has 4 rings (SSSR count). The first-order valence-electron chi connectivity index (χ1n) is 14.3. The van der Waals surface area contributed by atoms with Gasteiger partial charge in [0.15, 0.2) is 11.2 Å². The first-order valence-corrected chi connectivity index (χ1v) is 14.3. The fourth-order valence-electron chi connectivity index (χ4n) is 4.78. The topological polar surface area (TPSA) is 185 Å². The molecule has 3 unspecified atom stereocenters. The minimum absolute atomic E-state index is 0.00374. The van der Waals surface area contributed by atoms with Crippen LogP contribution in [0.4, 0.5) is 11.5 Å². The smallest absolute Gasteiger partial charge is 0.287 e. The number of hydrogen-bond donors (Lipinski definition) is 3. The number of carbonyl (C=O) groups is 1. The molecule has 14 nitrogen and oxygen atoms in total. The number of fused-ring (bicyclic) bond motifs is 1. The Balaban J connectivity index is 1.50. The zero-order valence-electron chi connectivity index (χ0n) is 24.3. The van der Waals surface area contributed by atoms with Crippen molar-refractivity contribution in [2.24, 2.45) is 5.92 Å². The number of pyridine rings is 1. The van der Waals surface area contributed by atoms with Gasteiger partial charge in [-0.25, -0.2) is 4.98 Å². The summed E-state index contributed by atoms with van der Waals surface area (Å²) >= 11 is 0. The predicted molar refractivity (Wildman–Crippen MR) is 159 cm³/mol. The van der Waals surface area contributed by atoms with Crippen LogP contribution < -0.4 is 16.1 Å². The minimum atomic E-state index is -0.849. The van der Waals surface area contributed by atoms with E-state index in [4.69, 9.17) is 28.5 Å². The highest BCUT2D eigenvalue weighted by atomic mass is 16.7. The molecule has 236 valence electrons. The molecular weight excluding hydrogens is 576 g/mol. The summed E-state index contributed by atoms with van der Waals surface area (Å²) in [7, 11) is 0. The lowest BCUT2D eigenvalue weighted by atomic mass is 9.81. The van der Waals surface area contributed by atoms with Crippen molar-refractivity contribution in [1.82, 2.24) is 10.3 Å². The van der Waals surface area contributed by atoms with Crippen molar-refractivity contribution in [3.8, 4) is 0 Å². The highest BCUT2D eigenvalue weighted by Crippen LogP contribution is 2.38. The average molecular weight is 613 g/mol. The first-order chi connectivity index (χ1) is 21.4. The Morgan fingerprint density at radius 2 is 1.91 bits per heavy atom. The van der Waals surface area contributed by atoms with E-state index in [-0.39, 0.29) is 42.6 Å². The van der Waals surface area contributed by atoms with Gasteiger partial charge in [0.1, 0.15) is 17.6 Å². The van der Waals surface area contributed by atoms with Gasteiger partial charge < -0.3 is 39.1 Å². The first kappa shape index (κ1) is 32.5. The number of hydrogen-bond acceptors (Lipinski definition) is 12. The zero-order chi connectivity index (χ0) is 31.3. The lowest BCUT2D eigenvalue weighted by molar-refractivity contribution is -0.385. The van der Waals surface area contributed by atoms with Crippen molar-refractivity contribution in [3.63, 3.8) is 0 Å². The molecule has 0 saturated carbocycles. The van der Waals surface area contributed by atoms with Crippen LogP contribution in [0, 0.1) is 16.0 Å². The van der Waals surface area contributed by atoms with E-state index in [2.05, 4.69) is 15.6 Å². The summed E-state index contributed by atoms with van der Waals surface area (Å²) in [6.45, 7) is 3.71. The Hall–Kier alpha value is -4.37. The number of nitrogens with zero attached hydrogens (tertiary/aromatic N) is 2. The van der Waals surface area contributed by atoms with E-state index in [0.717, 1.165) is 6.20 Å². The fraction of sp³-hybridized carbons (Fsp3) is 0.433. The number of aliphatic hydroxyl groups is 1. The van der Waals surface area contributed by atoms with Gasteiger partial charge in [-0.2, -0.15) is 0 Å². The zero-order valence-corrected chi connectivity index (χ0v) is 24.3. The van der Waals surface area contributed by atoms with Crippen LogP contribution in [0.3, 0.4) is 0 Å². The van der Waals surface area contributed by atoms with E-state index in [9.17, 15) is 19.7 Å². The molecule has 0 saturated heterocycles. The van der Waals surface area contributed by atoms with Crippen LogP contribution >= 0.6 is 0 Å². The molecule has 1 aliphatic heterocycles. The maximum atomic E-state index is 13.6. The van der Waals surface area contributed by atoms with E-state index < -0.39 is 23.0 Å². The number of carbonyl (C=O) groups excluding carboxylic acids is 1. The van der Waals surface area contributed by atoms with Gasteiger partial charge in [0, 0.05) is 49.8 Å². The van der Waals surface area contributed by atoms with Crippen molar-refractivity contribution in [2.45, 2.75) is 25.6 Å². The summed E-state index contributed by atoms with van der Waals surface area (Å²) in [5.74, 6) is -1.05. The van der Waals surface area contributed by atoms with E-state index in [1.807, 2.05) is 6.92 Å². The van der Waals surface area contributed by atoms with Gasteiger partial charge in [0.25, 0.3) is 11.6 Å². The van der Waals surface area contributed by atoms with Gasteiger partial charge in [-0.05, 0) is 37.6 Å². The molecule has 2 aromatic heterocycles. The Kier molecular flexibility index (Phi) is 12.2. The van der Waals surface area contributed by atoms with Gasteiger partial charge in [-0.3, -0.25) is 19.7 Å². The van der Waals surface area contributed by atoms with Gasteiger partial charge in [0.05, 0.1) is 43.0 Å². The molecule has 44 heavy (non-hydrogen) atoms. The number of anilines is 1. The van der Waals surface area contributed by atoms with Gasteiger partial charge in [-0.15, -0.1) is 0 Å². The number of nitro groups is 1. The molecule has 3 N–H and O–H groups in total. The highest BCUT2D eigenvalue weighted by Gasteiger charge is 2.39. The summed E-state index contributed by atoms with van der Waals surface area (Å²) in [4.78, 5) is 41.1. The van der Waals surface area contributed by atoms with Crippen molar-refractivity contribution in [1.29, 1.82) is 0 Å². The van der Waals surface area contributed by atoms with Crippen LogP contribution in [-0.4, -0.2) is 79.9 Å². The molecule has 0 bridgehead atoms. The summed E-state index contributed by atoms with van der Waals surface area (Å²) < 4.78 is 28.7. The second-order valence-corrected chi connectivity index (χ2v) is 9.76. The molecule has 3 aromatic rings. The molecule has 0 radical (unpaired) electrons. The lowest BCUT2D eigenvalue weighted by Crippen LogP contribution is -2.41. The molecule has 0 fully saturated rings. The molecular formula is C30H36N4O10. The van der Waals surface area contributed by atoms with Crippen molar-refractivity contribution in [2.75, 3.05) is 58.0 Å². The number of aliphatic hydroxyl groups excluding tert-OH is 1. The third kappa shape index (κ3) is 8.60. The van der Waals surface area contributed by atoms with Crippen LogP contribution in [0.2, 0.25) is 0 Å². The average Bonchev–Trinajstić information content (AvgIpc) is 3.03. The molecule has 14 heteroatoms. The van der Waals surface area contributed by atoms with Crippen LogP contribution in [0.25, 0.3) is 11.0 Å². The monoisotopic (exact) mass is 612 g/mol. The maximum Gasteiger partial charge on any atom is 0.287 e. The van der Waals surface area contributed by atoms with Gasteiger partial charge in [-0.1, -0.05) is 12.1 Å². The summed E-state index contributed by atoms with van der Waals surface area (Å²) in [5, 5.41) is 25.9. The number of benzene rings is 1. The fourth-order valence-corrected chi connectivity index (χ4v) is 4.78. The number of ether oxygens (including phenoxy) is 4. The lowest BCUT2D eigenvalue weighted by Gasteiger charge is -2.36. The molecule has 1 aromatic carbocycles. The van der Waals surface area contributed by atoms with Crippen molar-refractivity contribution >= 4 is 28.4 Å². The number of nitrogens with one attached hydrogen (secondary N) is 2. The Labute approximate surface area is 253 Å². The summed E-state index contributed by atoms with van der Waals surface area (Å²) in [5.41, 5.74) is 0.479. The van der Waals surface area contributed by atoms with Gasteiger partial charge >= 0.3 is 0 Å². The number of para-hydroxylation sites is 1. The van der Waals surface area contributed by atoms with Crippen molar-refractivity contribution < 1.29 is 38.2 Å². The Bertz CT molecular complexity index is 1480. The number of aromatic nitrogens is 1. The van der Waals surface area contributed by atoms with Gasteiger partial charge in [0.2, 0.25) is 6.29 Å².